The lowest BCUT2D eigenvalue weighted by Gasteiger charge is -2.39. The van der Waals surface area contributed by atoms with E-state index in [2.05, 4.69) is 20.2 Å². The molecule has 5 aromatic rings. The maximum atomic E-state index is 14.5. The van der Waals surface area contributed by atoms with Crippen LogP contribution in [0.25, 0.3) is 22.3 Å². The summed E-state index contributed by atoms with van der Waals surface area (Å²) in [4.78, 5) is 38.6. The van der Waals surface area contributed by atoms with E-state index in [1.165, 1.54) is 30.5 Å². The second-order valence-corrected chi connectivity index (χ2v) is 10.7. The molecule has 0 bridgehead atoms. The number of carbonyl (C=O) groups excluding carboxylic acids is 2. The minimum Gasteiger partial charge on any atom is -0.339 e. The van der Waals surface area contributed by atoms with Crippen LogP contribution in [0.1, 0.15) is 39.3 Å². The molecule has 1 saturated heterocycles. The van der Waals surface area contributed by atoms with Crippen molar-refractivity contribution in [2.24, 2.45) is 0 Å². The lowest BCUT2D eigenvalue weighted by atomic mass is 9.74. The van der Waals surface area contributed by atoms with E-state index in [1.807, 2.05) is 6.07 Å². The molecule has 210 valence electrons. The van der Waals surface area contributed by atoms with Gasteiger partial charge in [-0.3, -0.25) is 24.7 Å². The Hall–Kier alpha value is -5.06. The molecule has 11 heteroatoms. The second kappa shape index (κ2) is 9.79. The molecule has 2 aliphatic rings. The first-order valence-electron chi connectivity index (χ1n) is 13.4. The van der Waals surface area contributed by atoms with Gasteiger partial charge in [-0.1, -0.05) is 6.07 Å². The molecule has 1 fully saturated rings. The molecule has 2 aliphatic heterocycles. The molecule has 5 heterocycles. The largest absolute Gasteiger partial charge is 0.339 e. The molecule has 42 heavy (non-hydrogen) atoms. The lowest BCUT2D eigenvalue weighted by Crippen LogP contribution is -2.48. The van der Waals surface area contributed by atoms with Crippen molar-refractivity contribution in [3.8, 4) is 11.4 Å². The van der Waals surface area contributed by atoms with Crippen LogP contribution in [-0.2, 0) is 5.41 Å². The smallest absolute Gasteiger partial charge is 0.276 e. The Morgan fingerprint density at radius 2 is 1.71 bits per heavy atom. The monoisotopic (exact) mass is 568 g/mol. The average Bonchev–Trinajstić information content (AvgIpc) is 3.63. The van der Waals surface area contributed by atoms with Crippen molar-refractivity contribution in [2.75, 3.05) is 24.5 Å². The Kier molecular flexibility index (Phi) is 6.03. The van der Waals surface area contributed by atoms with Gasteiger partial charge in [-0.2, -0.15) is 5.10 Å². The molecular formula is C31H23F3N6O2. The molecule has 0 atom stereocenters. The number of hydrogen-bond donors (Lipinski definition) is 1. The van der Waals surface area contributed by atoms with E-state index in [9.17, 15) is 22.8 Å². The average molecular weight is 569 g/mol. The maximum Gasteiger partial charge on any atom is 0.276 e. The molecule has 3 aromatic heterocycles. The summed E-state index contributed by atoms with van der Waals surface area (Å²) in [5.74, 6) is -3.03. The number of halogens is 3. The van der Waals surface area contributed by atoms with Crippen molar-refractivity contribution in [3.63, 3.8) is 0 Å². The van der Waals surface area contributed by atoms with Gasteiger partial charge >= 0.3 is 0 Å². The van der Waals surface area contributed by atoms with Gasteiger partial charge in [0.2, 0.25) is 0 Å². The second-order valence-electron chi connectivity index (χ2n) is 10.7. The number of amides is 2. The van der Waals surface area contributed by atoms with Gasteiger partial charge in [-0.15, -0.1) is 0 Å². The number of aromatic nitrogens is 4. The lowest BCUT2D eigenvalue weighted by molar-refractivity contribution is 0.0670. The number of aromatic amines is 1. The fourth-order valence-corrected chi connectivity index (χ4v) is 6.05. The molecule has 7 rings (SSSR count). The zero-order valence-electron chi connectivity index (χ0n) is 22.2. The van der Waals surface area contributed by atoms with Crippen molar-refractivity contribution < 1.29 is 22.8 Å². The Balaban J connectivity index is 1.13. The number of benzene rings is 2. The van der Waals surface area contributed by atoms with Crippen molar-refractivity contribution in [2.45, 2.75) is 18.3 Å². The van der Waals surface area contributed by atoms with Crippen LogP contribution in [0.5, 0.6) is 0 Å². The van der Waals surface area contributed by atoms with E-state index in [0.717, 1.165) is 11.6 Å². The number of H-pyrrole nitrogens is 1. The van der Waals surface area contributed by atoms with Gasteiger partial charge in [0, 0.05) is 48.5 Å². The zero-order chi connectivity index (χ0) is 29.0. The van der Waals surface area contributed by atoms with Gasteiger partial charge in [0.25, 0.3) is 11.8 Å². The van der Waals surface area contributed by atoms with Crippen molar-refractivity contribution in [1.82, 2.24) is 25.1 Å². The number of nitrogens with zero attached hydrogens (tertiary/aromatic N) is 5. The summed E-state index contributed by atoms with van der Waals surface area (Å²) in [5.41, 5.74) is 2.40. The minimum absolute atomic E-state index is 0.136. The number of rotatable bonds is 3. The first-order chi connectivity index (χ1) is 20.3. The predicted octanol–water partition coefficient (Wildman–Crippen LogP) is 5.27. The third-order valence-electron chi connectivity index (χ3n) is 8.26. The first kappa shape index (κ1) is 25.9. The fourth-order valence-electron chi connectivity index (χ4n) is 6.05. The number of nitrogens with one attached hydrogen (secondary N) is 1. The summed E-state index contributed by atoms with van der Waals surface area (Å²) in [7, 11) is 0. The van der Waals surface area contributed by atoms with Crippen LogP contribution in [0.4, 0.5) is 18.9 Å². The van der Waals surface area contributed by atoms with Gasteiger partial charge in [0.05, 0.1) is 11.3 Å². The number of carbonyl (C=O) groups is 2. The summed E-state index contributed by atoms with van der Waals surface area (Å²) in [6.07, 6.45) is 3.90. The van der Waals surface area contributed by atoms with Crippen molar-refractivity contribution >= 4 is 28.4 Å². The maximum absolute atomic E-state index is 14.5. The molecule has 2 aromatic carbocycles. The van der Waals surface area contributed by atoms with Crippen molar-refractivity contribution in [3.05, 3.63) is 107 Å². The molecule has 0 unspecified atom stereocenters. The van der Waals surface area contributed by atoms with Gasteiger partial charge in [-0.05, 0) is 73.0 Å². The highest BCUT2D eigenvalue weighted by atomic mass is 19.2. The molecule has 1 N–H and O–H groups in total. The van der Waals surface area contributed by atoms with E-state index >= 15 is 0 Å². The number of likely N-dealkylation sites (tertiary alicyclic amines) is 1. The van der Waals surface area contributed by atoms with E-state index in [0.29, 0.717) is 54.9 Å². The van der Waals surface area contributed by atoms with Crippen LogP contribution in [0.2, 0.25) is 0 Å². The highest BCUT2D eigenvalue weighted by Crippen LogP contribution is 2.48. The van der Waals surface area contributed by atoms with Crippen LogP contribution in [-0.4, -0.2) is 56.5 Å². The Bertz CT molecular complexity index is 1870. The molecule has 2 amide bonds. The highest BCUT2D eigenvalue weighted by molar-refractivity contribution is 6.07. The van der Waals surface area contributed by atoms with Gasteiger partial charge < -0.3 is 9.80 Å². The molecule has 0 saturated carbocycles. The standard InChI is InChI=1S/C31H23F3N6O2/c32-20-5-7-26-21(14-20)31(17-40(26)30(42)25-15-24(37-38-25)23-3-1-2-10-35-23)8-11-39(12-9-31)29(41)19-13-18-4-6-22(33)27(34)28(18)36-16-19/h1-7,10,13-16H,8-9,11-12,17H2,(H,37,38). The van der Waals surface area contributed by atoms with Gasteiger partial charge in [0.1, 0.15) is 22.7 Å². The van der Waals surface area contributed by atoms with E-state index < -0.39 is 22.9 Å². The Labute approximate surface area is 237 Å². The fraction of sp³-hybridized carbons (Fsp3) is 0.194. The minimum atomic E-state index is -1.05. The van der Waals surface area contributed by atoms with Gasteiger partial charge in [-0.25, -0.2) is 13.2 Å². The van der Waals surface area contributed by atoms with Crippen LogP contribution in [0.15, 0.2) is 73.1 Å². The number of hydrogen-bond acceptors (Lipinski definition) is 5. The Morgan fingerprint density at radius 1 is 0.881 bits per heavy atom. The summed E-state index contributed by atoms with van der Waals surface area (Å²) < 4.78 is 42.2. The highest BCUT2D eigenvalue weighted by Gasteiger charge is 2.47. The number of pyridine rings is 2. The van der Waals surface area contributed by atoms with Crippen LogP contribution < -0.4 is 4.90 Å². The summed E-state index contributed by atoms with van der Waals surface area (Å²) in [6, 6.07) is 15.4. The van der Waals surface area contributed by atoms with Crippen molar-refractivity contribution in [1.29, 1.82) is 0 Å². The van der Waals surface area contributed by atoms with E-state index in [4.69, 9.17) is 0 Å². The Morgan fingerprint density at radius 3 is 2.50 bits per heavy atom. The summed E-state index contributed by atoms with van der Waals surface area (Å²) in [6.45, 7) is 1.05. The molecule has 1 spiro atoms. The number of piperidine rings is 1. The van der Waals surface area contributed by atoms with E-state index in [1.54, 1.807) is 40.3 Å². The summed E-state index contributed by atoms with van der Waals surface area (Å²) >= 11 is 0. The first-order valence-corrected chi connectivity index (χ1v) is 13.4. The number of fused-ring (bicyclic) bond motifs is 3. The molecule has 0 aliphatic carbocycles. The predicted molar refractivity (Wildman–Crippen MR) is 148 cm³/mol. The summed E-state index contributed by atoms with van der Waals surface area (Å²) in [5, 5.41) is 7.40. The SMILES string of the molecule is O=C(c1cnc2c(F)c(F)ccc2c1)N1CCC2(CC1)CN(C(=O)c1cc(-c3ccccn3)n[nH]1)c1ccc(F)cc12. The van der Waals surface area contributed by atoms with Crippen LogP contribution in [0, 0.1) is 17.5 Å². The zero-order valence-corrected chi connectivity index (χ0v) is 22.2. The molecular weight excluding hydrogens is 545 g/mol. The van der Waals surface area contributed by atoms with Crippen LogP contribution in [0.3, 0.4) is 0 Å². The van der Waals surface area contributed by atoms with Gasteiger partial charge in [0.15, 0.2) is 11.6 Å². The normalized spacial score (nSPS) is 15.8. The number of anilines is 1. The van der Waals surface area contributed by atoms with Crippen LogP contribution >= 0.6 is 0 Å². The topological polar surface area (TPSA) is 95.1 Å². The third kappa shape index (κ3) is 4.20. The molecule has 8 nitrogen and oxygen atoms in total. The third-order valence-corrected chi connectivity index (χ3v) is 8.26. The molecule has 0 radical (unpaired) electrons. The van der Waals surface area contributed by atoms with E-state index in [-0.39, 0.29) is 28.6 Å². The quantitative estimate of drug-likeness (QED) is 0.320.